The number of fused-ring (bicyclic) bond motifs is 3. The van der Waals surface area contributed by atoms with Crippen molar-refractivity contribution < 1.29 is 24.1 Å². The summed E-state index contributed by atoms with van der Waals surface area (Å²) in [5.41, 5.74) is 1.63. The van der Waals surface area contributed by atoms with Gasteiger partial charge >= 0.3 is 5.97 Å². The number of hydrogen-bond donors (Lipinski definition) is 1. The number of aromatic nitrogens is 1. The van der Waals surface area contributed by atoms with Crippen LogP contribution >= 0.6 is 0 Å². The number of aryl methyl sites for hydroxylation is 1. The van der Waals surface area contributed by atoms with Crippen LogP contribution in [0.3, 0.4) is 0 Å². The Balaban J connectivity index is 0.000000944. The van der Waals surface area contributed by atoms with E-state index in [2.05, 4.69) is 13.8 Å². The Hall–Kier alpha value is -2.80. The molecule has 0 saturated carbocycles. The molecular formula is C25H37NO6. The highest BCUT2D eigenvalue weighted by atomic mass is 16.5. The fraction of sp³-hybridized carbons (Fsp3) is 0.520. The lowest BCUT2D eigenvalue weighted by atomic mass is 10.0. The van der Waals surface area contributed by atoms with E-state index in [9.17, 15) is 14.7 Å². The van der Waals surface area contributed by atoms with Gasteiger partial charge in [0.2, 0.25) is 0 Å². The van der Waals surface area contributed by atoms with Crippen molar-refractivity contribution in [3.63, 3.8) is 0 Å². The highest BCUT2D eigenvalue weighted by Gasteiger charge is 2.21. The van der Waals surface area contributed by atoms with Gasteiger partial charge in [0.25, 0.3) is 0 Å². The first-order valence-electron chi connectivity index (χ1n) is 11.4. The van der Waals surface area contributed by atoms with Crippen molar-refractivity contribution in [2.24, 2.45) is 0 Å². The monoisotopic (exact) mass is 447 g/mol. The topological polar surface area (TPSA) is 87.0 Å². The molecule has 7 nitrogen and oxygen atoms in total. The summed E-state index contributed by atoms with van der Waals surface area (Å²) in [6.07, 6.45) is 3.38. The van der Waals surface area contributed by atoms with Gasteiger partial charge in [-0.15, -0.1) is 0 Å². The summed E-state index contributed by atoms with van der Waals surface area (Å²) in [6, 6.07) is 5.15. The molecule has 1 aliphatic heterocycles. The van der Waals surface area contributed by atoms with Gasteiger partial charge in [0.1, 0.15) is 30.3 Å². The first kappa shape index (κ1) is 27.2. The van der Waals surface area contributed by atoms with Crippen LogP contribution in [0.5, 0.6) is 11.5 Å². The molecule has 178 valence electrons. The Labute approximate surface area is 190 Å². The van der Waals surface area contributed by atoms with Crippen LogP contribution in [0.15, 0.2) is 29.2 Å². The van der Waals surface area contributed by atoms with Crippen molar-refractivity contribution in [1.82, 2.24) is 4.57 Å². The van der Waals surface area contributed by atoms with Gasteiger partial charge < -0.3 is 23.9 Å². The molecule has 0 bridgehead atoms. The predicted octanol–water partition coefficient (Wildman–Crippen LogP) is 5.03. The fourth-order valence-corrected chi connectivity index (χ4v) is 3.10. The van der Waals surface area contributed by atoms with Gasteiger partial charge in [0, 0.05) is 30.5 Å². The molecular weight excluding hydrogens is 410 g/mol. The molecule has 2 aromatic rings. The van der Waals surface area contributed by atoms with E-state index in [1.807, 2.05) is 39.8 Å². The van der Waals surface area contributed by atoms with Gasteiger partial charge in [-0.25, -0.2) is 4.79 Å². The van der Waals surface area contributed by atoms with Crippen LogP contribution in [0.4, 0.5) is 0 Å². The Morgan fingerprint density at radius 1 is 1.12 bits per heavy atom. The smallest absolute Gasteiger partial charge is 0.341 e. The van der Waals surface area contributed by atoms with Gasteiger partial charge in [-0.3, -0.25) is 4.79 Å². The molecule has 0 amide bonds. The van der Waals surface area contributed by atoms with Crippen LogP contribution in [0.1, 0.15) is 63.9 Å². The van der Waals surface area contributed by atoms with E-state index in [0.717, 1.165) is 23.3 Å². The second-order valence-corrected chi connectivity index (χ2v) is 6.85. The van der Waals surface area contributed by atoms with Crippen LogP contribution in [-0.2, 0) is 17.7 Å². The summed E-state index contributed by atoms with van der Waals surface area (Å²) in [7, 11) is 0. The number of rotatable bonds is 7. The lowest BCUT2D eigenvalue weighted by molar-refractivity contribution is 0.0694. The number of pyridine rings is 1. The number of nitrogens with zero attached hydrogens (tertiary/aromatic N) is 1. The highest BCUT2D eigenvalue weighted by molar-refractivity contribution is 5.87. The minimum atomic E-state index is -1.23. The first-order chi connectivity index (χ1) is 15.5. The normalized spacial score (nSPS) is 11.3. The van der Waals surface area contributed by atoms with Crippen molar-refractivity contribution in [1.29, 1.82) is 0 Å². The Morgan fingerprint density at radius 3 is 2.41 bits per heavy atom. The van der Waals surface area contributed by atoms with E-state index in [1.165, 1.54) is 18.7 Å². The molecule has 0 atom stereocenters. The second kappa shape index (κ2) is 14.3. The van der Waals surface area contributed by atoms with E-state index in [1.54, 1.807) is 4.57 Å². The number of carboxylic acids is 1. The van der Waals surface area contributed by atoms with E-state index in [0.29, 0.717) is 44.4 Å². The molecule has 0 radical (unpaired) electrons. The molecule has 7 heteroatoms. The SMILES string of the molecule is CC.CCC.CCOCCOc1cc2c(cc1CC)-c1cc(=O)c(C(=O)O)cn1CCO2. The lowest BCUT2D eigenvalue weighted by Crippen LogP contribution is -2.19. The summed E-state index contributed by atoms with van der Waals surface area (Å²) in [6.45, 7) is 14.6. The summed E-state index contributed by atoms with van der Waals surface area (Å²) in [5.74, 6) is 0.120. The first-order valence-corrected chi connectivity index (χ1v) is 11.4. The zero-order valence-electron chi connectivity index (χ0n) is 20.2. The van der Waals surface area contributed by atoms with Crippen LogP contribution < -0.4 is 14.9 Å². The van der Waals surface area contributed by atoms with E-state index < -0.39 is 11.4 Å². The van der Waals surface area contributed by atoms with Crippen molar-refractivity contribution in [2.75, 3.05) is 26.4 Å². The minimum absolute atomic E-state index is 0.242. The highest BCUT2D eigenvalue weighted by Crippen LogP contribution is 2.37. The van der Waals surface area contributed by atoms with Crippen LogP contribution in [0.2, 0.25) is 0 Å². The molecule has 1 aliphatic rings. The van der Waals surface area contributed by atoms with Crippen molar-refractivity contribution in [3.8, 4) is 22.8 Å². The summed E-state index contributed by atoms with van der Waals surface area (Å²) in [5, 5.41) is 9.20. The Morgan fingerprint density at radius 2 is 1.81 bits per heavy atom. The number of aromatic carboxylic acids is 1. The van der Waals surface area contributed by atoms with Crippen molar-refractivity contribution in [3.05, 3.63) is 45.7 Å². The molecule has 0 unspecified atom stereocenters. The molecule has 32 heavy (non-hydrogen) atoms. The van der Waals surface area contributed by atoms with Crippen molar-refractivity contribution >= 4 is 5.97 Å². The summed E-state index contributed by atoms with van der Waals surface area (Å²) in [4.78, 5) is 23.5. The van der Waals surface area contributed by atoms with Crippen LogP contribution in [-0.4, -0.2) is 42.1 Å². The van der Waals surface area contributed by atoms with Crippen LogP contribution in [0.25, 0.3) is 11.3 Å². The average molecular weight is 448 g/mol. The van der Waals surface area contributed by atoms with Gasteiger partial charge in [-0.1, -0.05) is 41.0 Å². The number of ether oxygens (including phenoxy) is 3. The quantitative estimate of drug-likeness (QED) is 0.599. The lowest BCUT2D eigenvalue weighted by Gasteiger charge is -2.16. The van der Waals surface area contributed by atoms with Gasteiger partial charge in [-0.2, -0.15) is 0 Å². The summed E-state index contributed by atoms with van der Waals surface area (Å²) < 4.78 is 18.8. The molecule has 1 aromatic carbocycles. The molecule has 0 spiro atoms. The maximum Gasteiger partial charge on any atom is 0.341 e. The standard InChI is InChI=1S/C20H23NO6.C3H8.C2H6/c1-3-13-9-14-16-10-17(22)15(20(23)24)12-21(16)5-6-26-19(14)11-18(13)27-8-7-25-4-2;1-3-2;1-2/h9-12H,3-8H2,1-2H3,(H,23,24);3H2,1-2H3;1-2H3. The molecule has 0 saturated heterocycles. The molecule has 0 aliphatic carbocycles. The molecule has 2 heterocycles. The average Bonchev–Trinajstić information content (AvgIpc) is 2.95. The van der Waals surface area contributed by atoms with E-state index in [-0.39, 0.29) is 5.56 Å². The molecule has 1 aromatic heterocycles. The fourth-order valence-electron chi connectivity index (χ4n) is 3.10. The number of carboxylic acid groups (broad SMARTS) is 1. The molecule has 0 fully saturated rings. The van der Waals surface area contributed by atoms with E-state index in [4.69, 9.17) is 14.2 Å². The predicted molar refractivity (Wildman–Crippen MR) is 127 cm³/mol. The molecule has 3 rings (SSSR count). The third-order valence-corrected chi connectivity index (χ3v) is 4.46. The zero-order chi connectivity index (χ0) is 24.1. The maximum absolute atomic E-state index is 12.2. The number of carbonyl (C=O) groups is 1. The summed E-state index contributed by atoms with van der Waals surface area (Å²) >= 11 is 0. The van der Waals surface area contributed by atoms with E-state index >= 15 is 0 Å². The Bertz CT molecular complexity index is 919. The third kappa shape index (κ3) is 7.12. The third-order valence-electron chi connectivity index (χ3n) is 4.46. The molecule has 1 N–H and O–H groups in total. The zero-order valence-corrected chi connectivity index (χ0v) is 20.2. The Kier molecular flexibility index (Phi) is 12.2. The number of hydrogen-bond acceptors (Lipinski definition) is 5. The van der Waals surface area contributed by atoms with Gasteiger partial charge in [0.15, 0.2) is 5.43 Å². The van der Waals surface area contributed by atoms with Gasteiger partial charge in [0.05, 0.1) is 18.8 Å². The maximum atomic E-state index is 12.2. The second-order valence-electron chi connectivity index (χ2n) is 6.85. The number of benzene rings is 1. The largest absolute Gasteiger partial charge is 0.491 e. The van der Waals surface area contributed by atoms with Gasteiger partial charge in [-0.05, 0) is 25.0 Å². The minimum Gasteiger partial charge on any atom is -0.491 e. The van der Waals surface area contributed by atoms with Crippen LogP contribution in [0, 0.1) is 0 Å². The van der Waals surface area contributed by atoms with Crippen molar-refractivity contribution in [2.45, 2.75) is 60.9 Å².